The first kappa shape index (κ1) is 27.5. The molecule has 0 bridgehead atoms. The lowest BCUT2D eigenvalue weighted by Crippen LogP contribution is -2.16. The fraction of sp³-hybridized carbons (Fsp3) is 0.0667. The summed E-state index contributed by atoms with van der Waals surface area (Å²) in [6.45, 7) is 4.73. The van der Waals surface area contributed by atoms with Crippen LogP contribution in [0.25, 0.3) is 58.8 Å². The van der Waals surface area contributed by atoms with Gasteiger partial charge in [-0.3, -0.25) is 0 Å². The molecule has 0 aliphatic heterocycles. The minimum atomic E-state index is -0.0955. The number of nitrogens with zero attached hydrogens (tertiary/aromatic N) is 2. The first-order chi connectivity index (χ1) is 23.6. The zero-order valence-electron chi connectivity index (χ0n) is 26.8. The Balaban J connectivity index is 1.34. The number of thiophene rings is 1. The Morgan fingerprint density at radius 1 is 0.542 bits per heavy atom. The number of aromatic nitrogens is 1. The van der Waals surface area contributed by atoms with E-state index in [4.69, 9.17) is 0 Å². The molecule has 0 radical (unpaired) electrons. The summed E-state index contributed by atoms with van der Waals surface area (Å²) in [7, 11) is 0. The summed E-state index contributed by atoms with van der Waals surface area (Å²) in [5, 5.41) is 5.10. The smallest absolute Gasteiger partial charge is 0.0721 e. The molecule has 2 heterocycles. The Labute approximate surface area is 283 Å². The summed E-state index contributed by atoms with van der Waals surface area (Å²) in [6.07, 6.45) is 0. The van der Waals surface area contributed by atoms with Gasteiger partial charge >= 0.3 is 0 Å². The molecule has 9 aromatic rings. The minimum Gasteiger partial charge on any atom is -0.310 e. The van der Waals surface area contributed by atoms with E-state index in [1.54, 1.807) is 0 Å². The van der Waals surface area contributed by atoms with E-state index in [9.17, 15) is 0 Å². The normalized spacial score (nSPS) is 13.4. The summed E-state index contributed by atoms with van der Waals surface area (Å²) < 4.78 is 5.07. The third kappa shape index (κ3) is 3.79. The first-order valence-corrected chi connectivity index (χ1v) is 17.4. The van der Waals surface area contributed by atoms with Crippen LogP contribution < -0.4 is 4.90 Å². The van der Waals surface area contributed by atoms with E-state index >= 15 is 0 Å². The van der Waals surface area contributed by atoms with Crippen molar-refractivity contribution in [2.45, 2.75) is 19.3 Å². The summed E-state index contributed by atoms with van der Waals surface area (Å²) in [6, 6.07) is 57.9. The standard InChI is InChI=1S/C45H32N2S/c1-45(2)37-22-12-9-19-32(37)33-26-25-31(27-38(33)45)46(29-15-5-3-6-16-29)40-28-36-34-20-10-13-23-39(34)47(30-17-7-4-8-18-30)43(36)44-42(40)35-21-11-14-24-41(35)48-44/h3-28H,1-2H3. The molecule has 0 N–H and O–H groups in total. The lowest BCUT2D eigenvalue weighted by Gasteiger charge is -2.29. The van der Waals surface area contributed by atoms with Gasteiger partial charge < -0.3 is 9.47 Å². The second-order valence-corrected chi connectivity index (χ2v) is 14.4. The summed E-state index contributed by atoms with van der Waals surface area (Å²) in [5.74, 6) is 0. The van der Waals surface area contributed by atoms with Gasteiger partial charge in [-0.2, -0.15) is 0 Å². The van der Waals surface area contributed by atoms with Crippen molar-refractivity contribution >= 4 is 70.4 Å². The van der Waals surface area contributed by atoms with Crippen molar-refractivity contribution in [2.24, 2.45) is 0 Å². The Bertz CT molecular complexity index is 2700. The molecule has 0 saturated carbocycles. The summed E-state index contributed by atoms with van der Waals surface area (Å²) in [4.78, 5) is 2.49. The van der Waals surface area contributed by atoms with E-state index in [2.05, 4.69) is 181 Å². The largest absolute Gasteiger partial charge is 0.310 e. The first-order valence-electron chi connectivity index (χ1n) is 16.6. The second-order valence-electron chi connectivity index (χ2n) is 13.4. The molecule has 0 atom stereocenters. The molecular formula is C45H32N2S. The molecule has 3 heteroatoms. The van der Waals surface area contributed by atoms with Gasteiger partial charge in [-0.05, 0) is 76.9 Å². The van der Waals surface area contributed by atoms with Crippen LogP contribution in [0.5, 0.6) is 0 Å². The van der Waals surface area contributed by atoms with Gasteiger partial charge in [0.05, 0.1) is 21.4 Å². The Morgan fingerprint density at radius 2 is 1.21 bits per heavy atom. The van der Waals surface area contributed by atoms with Crippen LogP contribution in [0.2, 0.25) is 0 Å². The SMILES string of the molecule is CC1(C)c2ccccc2-c2ccc(N(c3ccccc3)c3cc4c5ccccc5n(-c5ccccc5)c4c4sc5ccccc5c34)cc21. The van der Waals surface area contributed by atoms with Crippen LogP contribution in [-0.4, -0.2) is 4.57 Å². The van der Waals surface area contributed by atoms with Gasteiger partial charge in [0.15, 0.2) is 0 Å². The molecule has 1 aliphatic rings. The van der Waals surface area contributed by atoms with Gasteiger partial charge in [0.25, 0.3) is 0 Å². The Morgan fingerprint density at radius 3 is 2.04 bits per heavy atom. The van der Waals surface area contributed by atoms with Crippen LogP contribution in [0, 0.1) is 0 Å². The highest BCUT2D eigenvalue weighted by Gasteiger charge is 2.36. The summed E-state index contributed by atoms with van der Waals surface area (Å²) in [5.41, 5.74) is 12.5. The fourth-order valence-electron chi connectivity index (χ4n) is 8.17. The lowest BCUT2D eigenvalue weighted by molar-refractivity contribution is 0.660. The van der Waals surface area contributed by atoms with E-state index in [0.29, 0.717) is 0 Å². The van der Waals surface area contributed by atoms with Crippen LogP contribution in [0.4, 0.5) is 17.1 Å². The molecule has 2 aromatic heterocycles. The van der Waals surface area contributed by atoms with Crippen LogP contribution >= 0.6 is 11.3 Å². The number of benzene rings is 7. The molecule has 2 nitrogen and oxygen atoms in total. The third-order valence-electron chi connectivity index (χ3n) is 10.4. The maximum absolute atomic E-state index is 2.49. The minimum absolute atomic E-state index is 0.0955. The highest BCUT2D eigenvalue weighted by molar-refractivity contribution is 7.26. The topological polar surface area (TPSA) is 8.17 Å². The van der Waals surface area contributed by atoms with Crippen molar-refractivity contribution in [3.8, 4) is 16.8 Å². The highest BCUT2D eigenvalue weighted by atomic mass is 32.1. The maximum atomic E-state index is 2.49. The van der Waals surface area contributed by atoms with Gasteiger partial charge in [-0.1, -0.05) is 117 Å². The zero-order valence-corrected chi connectivity index (χ0v) is 27.6. The van der Waals surface area contributed by atoms with Crippen molar-refractivity contribution in [3.05, 3.63) is 169 Å². The highest BCUT2D eigenvalue weighted by Crippen LogP contribution is 2.53. The van der Waals surface area contributed by atoms with Crippen molar-refractivity contribution in [3.63, 3.8) is 0 Å². The van der Waals surface area contributed by atoms with Gasteiger partial charge in [0.2, 0.25) is 0 Å². The quantitative estimate of drug-likeness (QED) is 0.187. The van der Waals surface area contributed by atoms with Gasteiger partial charge in [0.1, 0.15) is 0 Å². The monoisotopic (exact) mass is 632 g/mol. The molecule has 10 rings (SSSR count). The number of hydrogen-bond donors (Lipinski definition) is 0. The predicted molar refractivity (Wildman–Crippen MR) is 206 cm³/mol. The molecule has 48 heavy (non-hydrogen) atoms. The van der Waals surface area contributed by atoms with Gasteiger partial charge in [-0.15, -0.1) is 11.3 Å². The van der Waals surface area contributed by atoms with Crippen LogP contribution in [-0.2, 0) is 5.41 Å². The number of para-hydroxylation sites is 3. The molecule has 0 saturated heterocycles. The van der Waals surface area contributed by atoms with E-state index in [1.165, 1.54) is 81.3 Å². The Kier molecular flexibility index (Phi) is 5.82. The average molecular weight is 633 g/mol. The number of hydrogen-bond acceptors (Lipinski definition) is 2. The molecule has 228 valence electrons. The molecule has 0 fully saturated rings. The van der Waals surface area contributed by atoms with Gasteiger partial charge in [0, 0.05) is 48.7 Å². The lowest BCUT2D eigenvalue weighted by atomic mass is 9.82. The van der Waals surface area contributed by atoms with Gasteiger partial charge in [-0.25, -0.2) is 0 Å². The molecule has 0 unspecified atom stereocenters. The molecule has 0 amide bonds. The van der Waals surface area contributed by atoms with Crippen LogP contribution in [0.15, 0.2) is 158 Å². The predicted octanol–water partition coefficient (Wildman–Crippen LogP) is 12.9. The van der Waals surface area contributed by atoms with E-state index < -0.39 is 0 Å². The van der Waals surface area contributed by atoms with E-state index in [-0.39, 0.29) is 5.41 Å². The number of fused-ring (bicyclic) bond motifs is 10. The van der Waals surface area contributed by atoms with E-state index in [1.807, 2.05) is 11.3 Å². The molecular weight excluding hydrogens is 601 g/mol. The van der Waals surface area contributed by atoms with Crippen molar-refractivity contribution in [1.29, 1.82) is 0 Å². The third-order valence-corrected chi connectivity index (χ3v) is 11.5. The van der Waals surface area contributed by atoms with Crippen molar-refractivity contribution in [2.75, 3.05) is 4.90 Å². The van der Waals surface area contributed by atoms with Crippen LogP contribution in [0.1, 0.15) is 25.0 Å². The summed E-state index contributed by atoms with van der Waals surface area (Å²) >= 11 is 1.90. The van der Waals surface area contributed by atoms with E-state index in [0.717, 1.165) is 5.69 Å². The molecule has 1 aliphatic carbocycles. The Hall–Kier alpha value is -5.64. The number of anilines is 3. The van der Waals surface area contributed by atoms with Crippen molar-refractivity contribution in [1.82, 2.24) is 4.57 Å². The number of rotatable bonds is 4. The second kappa shape index (κ2) is 10.2. The maximum Gasteiger partial charge on any atom is 0.0721 e. The molecule has 0 spiro atoms. The molecule has 7 aromatic carbocycles. The van der Waals surface area contributed by atoms with Crippen LogP contribution in [0.3, 0.4) is 0 Å². The van der Waals surface area contributed by atoms with Crippen molar-refractivity contribution < 1.29 is 0 Å². The average Bonchev–Trinajstić information content (AvgIpc) is 3.76. The zero-order chi connectivity index (χ0) is 32.0. The fourth-order valence-corrected chi connectivity index (χ4v) is 9.43.